The van der Waals surface area contributed by atoms with Crippen LogP contribution in [0.2, 0.25) is 0 Å². The van der Waals surface area contributed by atoms with Crippen molar-refractivity contribution in [3.63, 3.8) is 0 Å². The smallest absolute Gasteiger partial charge is 0.158 e. The summed E-state index contributed by atoms with van der Waals surface area (Å²) in [4.78, 5) is 13.5. The molecule has 2 aromatic heterocycles. The molecule has 0 aliphatic carbocycles. The first-order chi connectivity index (χ1) is 12.5. The Morgan fingerprint density at radius 3 is 2.85 bits per heavy atom. The Kier molecular flexibility index (Phi) is 4.96. The number of hydrogen-bond donors (Lipinski definition) is 2. The highest BCUT2D eigenvalue weighted by atomic mass is 79.9. The fourth-order valence-corrected chi connectivity index (χ4v) is 5.46. The number of phenolic OH excluding ortho intramolecular Hbond substituents is 1. The number of anilines is 1. The van der Waals surface area contributed by atoms with Gasteiger partial charge in [-0.25, -0.2) is 9.97 Å². The van der Waals surface area contributed by atoms with Crippen LogP contribution in [-0.2, 0) is 13.0 Å². The second-order valence-corrected chi connectivity index (χ2v) is 8.89. The molecule has 3 aromatic rings. The van der Waals surface area contributed by atoms with Gasteiger partial charge in [0, 0.05) is 18.0 Å². The number of halogens is 2. The van der Waals surface area contributed by atoms with Gasteiger partial charge in [-0.15, -0.1) is 11.3 Å². The van der Waals surface area contributed by atoms with Gasteiger partial charge in [-0.2, -0.15) is 5.10 Å². The third-order valence-electron chi connectivity index (χ3n) is 4.25. The summed E-state index contributed by atoms with van der Waals surface area (Å²) in [6.07, 6.45) is 4.25. The number of rotatable bonds is 3. The molecule has 0 saturated heterocycles. The van der Waals surface area contributed by atoms with Crippen molar-refractivity contribution in [3.8, 4) is 5.75 Å². The van der Waals surface area contributed by atoms with Crippen molar-refractivity contribution in [1.29, 1.82) is 0 Å². The molecule has 26 heavy (non-hydrogen) atoms. The number of aromatic nitrogens is 2. The molecule has 1 aromatic carbocycles. The summed E-state index contributed by atoms with van der Waals surface area (Å²) >= 11 is 8.37. The highest BCUT2D eigenvalue weighted by Crippen LogP contribution is 2.37. The summed E-state index contributed by atoms with van der Waals surface area (Å²) in [6.45, 7) is 1.99. The number of benzene rings is 1. The number of fused-ring (bicyclic) bond motifs is 3. The zero-order valence-corrected chi connectivity index (χ0v) is 17.8. The second-order valence-electron chi connectivity index (χ2n) is 6.10. The van der Waals surface area contributed by atoms with Gasteiger partial charge < -0.3 is 10.0 Å². The molecule has 1 aliphatic heterocycles. The molecule has 0 amide bonds. The van der Waals surface area contributed by atoms with E-state index in [0.29, 0.717) is 8.95 Å². The Labute approximate surface area is 171 Å². The zero-order valence-electron chi connectivity index (χ0n) is 13.8. The van der Waals surface area contributed by atoms with Crippen molar-refractivity contribution in [3.05, 3.63) is 43.4 Å². The van der Waals surface area contributed by atoms with Crippen molar-refractivity contribution in [2.45, 2.75) is 13.0 Å². The SMILES string of the molecule is CN1CCc2c(sc3ncnc(N/N=C/c4cc(Br)c(O)c(Br)c4)c23)C1. The molecule has 3 heterocycles. The predicted octanol–water partition coefficient (Wildman–Crippen LogP) is 4.36. The Bertz CT molecular complexity index is 997. The summed E-state index contributed by atoms with van der Waals surface area (Å²) in [6, 6.07) is 3.59. The van der Waals surface area contributed by atoms with E-state index in [1.54, 1.807) is 36.0 Å². The lowest BCUT2D eigenvalue weighted by Crippen LogP contribution is -2.25. The summed E-state index contributed by atoms with van der Waals surface area (Å²) in [5.74, 6) is 0.896. The maximum absolute atomic E-state index is 9.79. The molecule has 4 rings (SSSR count). The van der Waals surface area contributed by atoms with Crippen LogP contribution in [0.5, 0.6) is 5.75 Å². The predicted molar refractivity (Wildman–Crippen MR) is 112 cm³/mol. The van der Waals surface area contributed by atoms with Crippen LogP contribution in [0.15, 0.2) is 32.5 Å². The number of likely N-dealkylation sites (N-methyl/N-ethyl adjacent to an activating group) is 1. The first kappa shape index (κ1) is 17.8. The van der Waals surface area contributed by atoms with Gasteiger partial charge >= 0.3 is 0 Å². The standard InChI is InChI=1S/C17H15Br2N5OS/c1-24-3-2-10-13(7-24)26-17-14(10)16(20-8-21-17)23-22-6-9-4-11(18)15(25)12(19)5-9/h4-6,8,25H,2-3,7H2,1H3,(H,20,21,23)/b22-6+. The van der Waals surface area contributed by atoms with Crippen LogP contribution in [0.25, 0.3) is 10.2 Å². The van der Waals surface area contributed by atoms with E-state index in [0.717, 1.165) is 41.1 Å². The molecule has 134 valence electrons. The molecule has 2 N–H and O–H groups in total. The molecule has 0 radical (unpaired) electrons. The fraction of sp³-hybridized carbons (Fsp3) is 0.235. The van der Waals surface area contributed by atoms with Crippen LogP contribution in [0.4, 0.5) is 5.82 Å². The fourth-order valence-electron chi connectivity index (χ4n) is 2.97. The van der Waals surface area contributed by atoms with E-state index in [2.05, 4.69) is 64.3 Å². The van der Waals surface area contributed by atoms with Crippen molar-refractivity contribution in [2.75, 3.05) is 19.0 Å². The Morgan fingerprint density at radius 2 is 2.08 bits per heavy atom. The van der Waals surface area contributed by atoms with E-state index in [9.17, 15) is 5.11 Å². The van der Waals surface area contributed by atoms with Gasteiger partial charge in [0.15, 0.2) is 5.82 Å². The average molecular weight is 497 g/mol. The monoisotopic (exact) mass is 495 g/mol. The molecule has 0 bridgehead atoms. The number of nitrogens with zero attached hydrogens (tertiary/aromatic N) is 4. The molecule has 0 spiro atoms. The number of phenols is 1. The lowest BCUT2D eigenvalue weighted by Gasteiger charge is -2.22. The van der Waals surface area contributed by atoms with Crippen LogP contribution in [0.1, 0.15) is 16.0 Å². The van der Waals surface area contributed by atoms with E-state index in [-0.39, 0.29) is 5.75 Å². The molecular formula is C17H15Br2N5OS. The Hall–Kier alpha value is -1.55. The van der Waals surface area contributed by atoms with E-state index < -0.39 is 0 Å². The normalized spacial score (nSPS) is 14.9. The zero-order chi connectivity index (χ0) is 18.3. The van der Waals surface area contributed by atoms with Gasteiger partial charge in [0.25, 0.3) is 0 Å². The number of hydrazone groups is 1. The van der Waals surface area contributed by atoms with Gasteiger partial charge in [0.2, 0.25) is 0 Å². The van der Waals surface area contributed by atoms with Crippen LogP contribution in [-0.4, -0.2) is 39.8 Å². The van der Waals surface area contributed by atoms with Crippen LogP contribution in [0, 0.1) is 0 Å². The lowest BCUT2D eigenvalue weighted by atomic mass is 10.1. The number of thiophene rings is 1. The third-order valence-corrected chi connectivity index (χ3v) is 6.58. The summed E-state index contributed by atoms with van der Waals surface area (Å²) in [7, 11) is 2.14. The molecule has 0 fully saturated rings. The molecule has 0 unspecified atom stereocenters. The maximum atomic E-state index is 9.79. The Balaban J connectivity index is 1.64. The van der Waals surface area contributed by atoms with E-state index in [1.807, 2.05) is 0 Å². The van der Waals surface area contributed by atoms with Crippen LogP contribution < -0.4 is 5.43 Å². The number of aromatic hydroxyl groups is 1. The molecular weight excluding hydrogens is 482 g/mol. The average Bonchev–Trinajstić information content (AvgIpc) is 2.97. The topological polar surface area (TPSA) is 73.6 Å². The quantitative estimate of drug-likeness (QED) is 0.416. The van der Waals surface area contributed by atoms with Gasteiger partial charge in [-0.3, -0.25) is 5.43 Å². The highest BCUT2D eigenvalue weighted by molar-refractivity contribution is 9.11. The summed E-state index contributed by atoms with van der Waals surface area (Å²) in [5.41, 5.74) is 5.23. The lowest BCUT2D eigenvalue weighted by molar-refractivity contribution is 0.318. The summed E-state index contributed by atoms with van der Waals surface area (Å²) in [5, 5.41) is 15.2. The minimum Gasteiger partial charge on any atom is -0.506 e. The molecule has 0 saturated carbocycles. The number of hydrogen-bond acceptors (Lipinski definition) is 7. The third kappa shape index (κ3) is 3.36. The maximum Gasteiger partial charge on any atom is 0.158 e. The molecule has 9 heteroatoms. The van der Waals surface area contributed by atoms with Crippen molar-refractivity contribution in [2.24, 2.45) is 5.10 Å². The first-order valence-electron chi connectivity index (χ1n) is 7.94. The molecule has 6 nitrogen and oxygen atoms in total. The summed E-state index contributed by atoms with van der Waals surface area (Å²) < 4.78 is 1.21. The van der Waals surface area contributed by atoms with Crippen molar-refractivity contribution >= 4 is 65.4 Å². The highest BCUT2D eigenvalue weighted by Gasteiger charge is 2.21. The second kappa shape index (κ2) is 7.22. The van der Waals surface area contributed by atoms with Gasteiger partial charge in [-0.1, -0.05) is 0 Å². The number of nitrogens with one attached hydrogen (secondary N) is 1. The minimum absolute atomic E-state index is 0.169. The van der Waals surface area contributed by atoms with Crippen LogP contribution >= 0.6 is 43.2 Å². The van der Waals surface area contributed by atoms with Gasteiger partial charge in [0.1, 0.15) is 16.9 Å². The molecule has 0 atom stereocenters. The van der Waals surface area contributed by atoms with E-state index in [1.165, 1.54) is 10.4 Å². The largest absolute Gasteiger partial charge is 0.506 e. The van der Waals surface area contributed by atoms with E-state index in [4.69, 9.17) is 0 Å². The molecule has 1 aliphatic rings. The minimum atomic E-state index is 0.169. The van der Waals surface area contributed by atoms with Gasteiger partial charge in [0.05, 0.1) is 20.5 Å². The van der Waals surface area contributed by atoms with Crippen molar-refractivity contribution in [1.82, 2.24) is 14.9 Å². The van der Waals surface area contributed by atoms with Gasteiger partial charge in [-0.05, 0) is 68.6 Å². The van der Waals surface area contributed by atoms with Crippen molar-refractivity contribution < 1.29 is 5.11 Å². The van der Waals surface area contributed by atoms with Crippen LogP contribution in [0.3, 0.4) is 0 Å². The Morgan fingerprint density at radius 1 is 1.31 bits per heavy atom. The first-order valence-corrected chi connectivity index (χ1v) is 10.3. The van der Waals surface area contributed by atoms with E-state index >= 15 is 0 Å².